The SMILES string of the molecule is CC(=O)Nc1ccccc1Oc1nccc(C(=O)O)c1N. The summed E-state index contributed by atoms with van der Waals surface area (Å²) in [5.74, 6) is -1.15. The normalized spacial score (nSPS) is 9.95. The lowest BCUT2D eigenvalue weighted by atomic mass is 10.2. The van der Waals surface area contributed by atoms with Crippen molar-refractivity contribution in [2.45, 2.75) is 6.92 Å². The molecule has 0 aliphatic heterocycles. The average molecular weight is 287 g/mol. The van der Waals surface area contributed by atoms with Crippen molar-refractivity contribution in [3.8, 4) is 11.6 Å². The standard InChI is InChI=1S/C14H13N3O4/c1-8(18)17-10-4-2-3-5-11(10)21-13-12(15)9(14(19)20)6-7-16-13/h2-7H,15H2,1H3,(H,17,18)(H,19,20). The maximum atomic E-state index is 11.1. The number of hydrogen-bond acceptors (Lipinski definition) is 5. The first-order valence-electron chi connectivity index (χ1n) is 6.01. The first kappa shape index (κ1) is 14.3. The molecular weight excluding hydrogens is 274 g/mol. The fourth-order valence-corrected chi connectivity index (χ4v) is 1.67. The van der Waals surface area contributed by atoms with Gasteiger partial charge in [-0.2, -0.15) is 0 Å². The number of aromatic carboxylic acids is 1. The van der Waals surface area contributed by atoms with E-state index in [9.17, 15) is 9.59 Å². The number of rotatable bonds is 4. The molecule has 108 valence electrons. The molecular formula is C14H13N3O4. The number of carbonyl (C=O) groups excluding carboxylic acids is 1. The third-order valence-electron chi connectivity index (χ3n) is 2.59. The molecule has 0 bridgehead atoms. The summed E-state index contributed by atoms with van der Waals surface area (Å²) in [6.07, 6.45) is 1.29. The summed E-state index contributed by atoms with van der Waals surface area (Å²) in [6, 6.07) is 7.97. The molecule has 0 spiro atoms. The summed E-state index contributed by atoms with van der Waals surface area (Å²) < 4.78 is 5.52. The predicted octanol–water partition coefficient (Wildman–Crippen LogP) is 2.11. The zero-order valence-electron chi connectivity index (χ0n) is 11.2. The Morgan fingerprint density at radius 3 is 2.67 bits per heavy atom. The lowest BCUT2D eigenvalue weighted by molar-refractivity contribution is -0.114. The van der Waals surface area contributed by atoms with Gasteiger partial charge in [-0.25, -0.2) is 9.78 Å². The van der Waals surface area contributed by atoms with Crippen LogP contribution in [0.4, 0.5) is 11.4 Å². The number of nitrogen functional groups attached to an aromatic ring is 1. The number of nitrogens with one attached hydrogen (secondary N) is 1. The van der Waals surface area contributed by atoms with E-state index in [0.717, 1.165) is 0 Å². The number of amides is 1. The smallest absolute Gasteiger partial charge is 0.338 e. The van der Waals surface area contributed by atoms with Crippen molar-refractivity contribution in [1.82, 2.24) is 4.98 Å². The molecule has 0 atom stereocenters. The van der Waals surface area contributed by atoms with Crippen LogP contribution in [0, 0.1) is 0 Å². The Labute approximate surface area is 120 Å². The van der Waals surface area contributed by atoms with E-state index >= 15 is 0 Å². The number of para-hydroxylation sites is 2. The van der Waals surface area contributed by atoms with Gasteiger partial charge in [-0.05, 0) is 18.2 Å². The quantitative estimate of drug-likeness (QED) is 0.793. The van der Waals surface area contributed by atoms with Crippen molar-refractivity contribution in [2.75, 3.05) is 11.1 Å². The second-order valence-corrected chi connectivity index (χ2v) is 4.16. The zero-order valence-corrected chi connectivity index (χ0v) is 11.2. The molecule has 0 radical (unpaired) electrons. The Bertz CT molecular complexity index is 700. The molecule has 2 aromatic rings. The molecule has 0 saturated carbocycles. The van der Waals surface area contributed by atoms with Gasteiger partial charge in [0.15, 0.2) is 5.75 Å². The van der Waals surface area contributed by atoms with E-state index in [-0.39, 0.29) is 23.0 Å². The number of pyridine rings is 1. The van der Waals surface area contributed by atoms with Crippen molar-refractivity contribution in [3.63, 3.8) is 0 Å². The second-order valence-electron chi connectivity index (χ2n) is 4.16. The molecule has 1 amide bonds. The van der Waals surface area contributed by atoms with Gasteiger partial charge in [-0.15, -0.1) is 0 Å². The predicted molar refractivity (Wildman–Crippen MR) is 76.4 cm³/mol. The van der Waals surface area contributed by atoms with Gasteiger partial charge < -0.3 is 20.9 Å². The minimum Gasteiger partial charge on any atom is -0.478 e. The van der Waals surface area contributed by atoms with E-state index in [2.05, 4.69) is 10.3 Å². The Morgan fingerprint density at radius 1 is 1.29 bits per heavy atom. The Kier molecular flexibility index (Phi) is 4.03. The number of anilines is 2. The number of nitrogens with two attached hydrogens (primary N) is 1. The van der Waals surface area contributed by atoms with E-state index in [1.807, 2.05) is 0 Å². The van der Waals surface area contributed by atoms with Crippen molar-refractivity contribution >= 4 is 23.3 Å². The van der Waals surface area contributed by atoms with Gasteiger partial charge in [-0.1, -0.05) is 12.1 Å². The van der Waals surface area contributed by atoms with Crippen LogP contribution in [0.25, 0.3) is 0 Å². The molecule has 1 aromatic heterocycles. The molecule has 0 aliphatic rings. The van der Waals surface area contributed by atoms with Gasteiger partial charge in [0.1, 0.15) is 5.69 Å². The van der Waals surface area contributed by atoms with E-state index in [0.29, 0.717) is 11.4 Å². The summed E-state index contributed by atoms with van der Waals surface area (Å²) in [5.41, 5.74) is 5.98. The fourth-order valence-electron chi connectivity index (χ4n) is 1.67. The lowest BCUT2D eigenvalue weighted by Crippen LogP contribution is -2.08. The summed E-state index contributed by atoms with van der Waals surface area (Å²) >= 11 is 0. The van der Waals surface area contributed by atoms with Gasteiger partial charge in [-0.3, -0.25) is 4.79 Å². The van der Waals surface area contributed by atoms with Gasteiger partial charge in [0.05, 0.1) is 11.3 Å². The van der Waals surface area contributed by atoms with Gasteiger partial charge in [0.2, 0.25) is 11.8 Å². The fraction of sp³-hybridized carbons (Fsp3) is 0.0714. The van der Waals surface area contributed by atoms with Crippen molar-refractivity contribution in [3.05, 3.63) is 42.1 Å². The molecule has 1 heterocycles. The van der Waals surface area contributed by atoms with Gasteiger partial charge in [0.25, 0.3) is 0 Å². The van der Waals surface area contributed by atoms with E-state index in [1.54, 1.807) is 24.3 Å². The van der Waals surface area contributed by atoms with Crippen LogP contribution >= 0.6 is 0 Å². The van der Waals surface area contributed by atoms with Crippen molar-refractivity contribution in [1.29, 1.82) is 0 Å². The molecule has 7 heteroatoms. The Balaban J connectivity index is 2.37. The highest BCUT2D eigenvalue weighted by Crippen LogP contribution is 2.32. The zero-order chi connectivity index (χ0) is 15.4. The van der Waals surface area contributed by atoms with E-state index in [1.165, 1.54) is 19.2 Å². The number of hydrogen-bond donors (Lipinski definition) is 3. The average Bonchev–Trinajstić information content (AvgIpc) is 2.42. The van der Waals surface area contributed by atoms with Crippen LogP contribution in [0.15, 0.2) is 36.5 Å². The molecule has 0 unspecified atom stereocenters. The first-order valence-corrected chi connectivity index (χ1v) is 6.01. The van der Waals surface area contributed by atoms with Crippen molar-refractivity contribution in [2.24, 2.45) is 0 Å². The van der Waals surface area contributed by atoms with Crippen LogP contribution in [-0.2, 0) is 4.79 Å². The summed E-state index contributed by atoms with van der Waals surface area (Å²) in [6.45, 7) is 1.37. The monoisotopic (exact) mass is 287 g/mol. The summed E-state index contributed by atoms with van der Waals surface area (Å²) in [7, 11) is 0. The first-order chi connectivity index (χ1) is 9.99. The maximum absolute atomic E-state index is 11.1. The number of ether oxygens (including phenoxy) is 1. The Hall–Kier alpha value is -3.09. The number of carboxylic acid groups (broad SMARTS) is 1. The van der Waals surface area contributed by atoms with Gasteiger partial charge >= 0.3 is 5.97 Å². The molecule has 21 heavy (non-hydrogen) atoms. The van der Waals surface area contributed by atoms with Gasteiger partial charge in [0, 0.05) is 13.1 Å². The molecule has 0 fully saturated rings. The van der Waals surface area contributed by atoms with Crippen LogP contribution in [0.1, 0.15) is 17.3 Å². The lowest BCUT2D eigenvalue weighted by Gasteiger charge is -2.12. The van der Waals surface area contributed by atoms with Crippen LogP contribution in [0.2, 0.25) is 0 Å². The highest BCUT2D eigenvalue weighted by atomic mass is 16.5. The molecule has 1 aromatic carbocycles. The Morgan fingerprint density at radius 2 is 2.00 bits per heavy atom. The van der Waals surface area contributed by atoms with Crippen LogP contribution in [0.3, 0.4) is 0 Å². The molecule has 7 nitrogen and oxygen atoms in total. The summed E-state index contributed by atoms with van der Waals surface area (Å²) in [5, 5.41) is 11.6. The molecule has 2 rings (SSSR count). The highest BCUT2D eigenvalue weighted by Gasteiger charge is 2.15. The largest absolute Gasteiger partial charge is 0.478 e. The number of nitrogens with zero attached hydrogens (tertiary/aromatic N) is 1. The number of aromatic nitrogens is 1. The summed E-state index contributed by atoms with van der Waals surface area (Å²) in [4.78, 5) is 26.1. The topological polar surface area (TPSA) is 115 Å². The van der Waals surface area contributed by atoms with E-state index < -0.39 is 5.97 Å². The van der Waals surface area contributed by atoms with E-state index in [4.69, 9.17) is 15.6 Å². The minimum atomic E-state index is -1.17. The third kappa shape index (κ3) is 3.27. The number of carbonyl (C=O) groups is 2. The molecule has 4 N–H and O–H groups in total. The van der Waals surface area contributed by atoms with Crippen LogP contribution in [0.5, 0.6) is 11.6 Å². The third-order valence-corrected chi connectivity index (χ3v) is 2.59. The number of carboxylic acids is 1. The van der Waals surface area contributed by atoms with Crippen molar-refractivity contribution < 1.29 is 19.4 Å². The second kappa shape index (κ2) is 5.91. The maximum Gasteiger partial charge on any atom is 0.338 e. The highest BCUT2D eigenvalue weighted by molar-refractivity contribution is 5.95. The van der Waals surface area contributed by atoms with Crippen LogP contribution < -0.4 is 15.8 Å². The molecule has 0 saturated heterocycles. The minimum absolute atomic E-state index is 0.0345. The van der Waals surface area contributed by atoms with Crippen LogP contribution in [-0.4, -0.2) is 22.0 Å². The number of benzene rings is 1. The molecule has 0 aliphatic carbocycles.